The normalized spacial score (nSPS) is 10.0. The highest BCUT2D eigenvalue weighted by atomic mass is 14.1. The topological polar surface area (TPSA) is 0 Å². The Morgan fingerprint density at radius 2 is 0.667 bits per heavy atom. The zero-order chi connectivity index (χ0) is 15.8. The molecule has 0 amide bonds. The van der Waals surface area contributed by atoms with Crippen molar-refractivity contribution in [1.29, 1.82) is 0 Å². The van der Waals surface area contributed by atoms with Gasteiger partial charge in [0, 0.05) is 0 Å². The molecule has 0 aromatic carbocycles. The minimum atomic E-state index is 0.550. The minimum absolute atomic E-state index is 0.550. The second kappa shape index (κ2) is 17.0. The van der Waals surface area contributed by atoms with Gasteiger partial charge in [0.1, 0.15) is 0 Å². The van der Waals surface area contributed by atoms with Crippen LogP contribution >= 0.6 is 0 Å². The third kappa shape index (κ3) is 56.2. The van der Waals surface area contributed by atoms with Gasteiger partial charge < -0.3 is 0 Å². The van der Waals surface area contributed by atoms with Crippen LogP contribution in [0.3, 0.4) is 0 Å². The van der Waals surface area contributed by atoms with Crippen LogP contribution in [0.15, 0.2) is 0 Å². The number of rotatable bonds is 2. The van der Waals surface area contributed by atoms with Crippen LogP contribution in [0.5, 0.6) is 0 Å². The molecule has 18 heavy (non-hydrogen) atoms. The maximum absolute atomic E-state index is 2.27. The largest absolute Gasteiger partial charge is 0.0683 e. The Kier molecular flexibility index (Phi) is 25.1. The Bertz CT molecular complexity index is 93.0. The van der Waals surface area contributed by atoms with Crippen molar-refractivity contribution in [1.82, 2.24) is 0 Å². The van der Waals surface area contributed by atoms with E-state index in [4.69, 9.17) is 0 Å². The first-order valence-electron chi connectivity index (χ1n) is 8.12. The van der Waals surface area contributed by atoms with E-state index < -0.39 is 0 Å². The van der Waals surface area contributed by atoms with Crippen LogP contribution in [0.4, 0.5) is 0 Å². The molecule has 0 heteroatoms. The van der Waals surface area contributed by atoms with Crippen molar-refractivity contribution >= 4 is 0 Å². The Hall–Kier alpha value is 0. The highest BCUT2D eigenvalue weighted by Crippen LogP contribution is 2.19. The predicted octanol–water partition coefficient (Wildman–Crippen LogP) is 7.72. The molecule has 0 N–H and O–H groups in total. The first-order valence-corrected chi connectivity index (χ1v) is 8.12. The fourth-order valence-electron chi connectivity index (χ4n) is 1.50. The average Bonchev–Trinajstić information content (AvgIpc) is 2.21. The third-order valence-corrected chi connectivity index (χ3v) is 2.00. The molecular formula is C18H44. The highest BCUT2D eigenvalue weighted by Gasteiger charge is 2.06. The molecule has 0 atom stereocenters. The Morgan fingerprint density at radius 3 is 0.667 bits per heavy atom. The van der Waals surface area contributed by atoms with Crippen molar-refractivity contribution < 1.29 is 0 Å². The summed E-state index contributed by atoms with van der Waals surface area (Å²) >= 11 is 0. The van der Waals surface area contributed by atoms with E-state index in [1.807, 2.05) is 27.7 Å². The van der Waals surface area contributed by atoms with E-state index in [1.165, 1.54) is 25.7 Å². The summed E-state index contributed by atoms with van der Waals surface area (Å²) in [5, 5.41) is 0. The molecule has 0 saturated heterocycles. The van der Waals surface area contributed by atoms with E-state index in [-0.39, 0.29) is 0 Å². The van der Waals surface area contributed by atoms with E-state index in [9.17, 15) is 0 Å². The SMILES string of the molecule is CC.CC.CCCC(C)(C)C.CCCC(C)(C)C. The molecule has 0 nitrogen and oxygen atoms in total. The Labute approximate surface area is 120 Å². The summed E-state index contributed by atoms with van der Waals surface area (Å²) < 4.78 is 0. The van der Waals surface area contributed by atoms with Crippen molar-refractivity contribution in [2.24, 2.45) is 10.8 Å². The summed E-state index contributed by atoms with van der Waals surface area (Å²) in [7, 11) is 0. The van der Waals surface area contributed by atoms with Crippen molar-refractivity contribution in [2.45, 2.75) is 109 Å². The molecule has 0 aromatic heterocycles. The highest BCUT2D eigenvalue weighted by molar-refractivity contribution is 4.58. The second-order valence-corrected chi connectivity index (χ2v) is 6.62. The molecule has 0 aliphatic rings. The fraction of sp³-hybridized carbons (Fsp3) is 1.00. The standard InChI is InChI=1S/2C7H16.2C2H6/c2*1-5-6-7(2,3)4;2*1-2/h2*5-6H2,1-4H3;2*1-2H3. The van der Waals surface area contributed by atoms with Gasteiger partial charge in [-0.3, -0.25) is 0 Å². The number of hydrogen-bond donors (Lipinski definition) is 0. The lowest BCUT2D eigenvalue weighted by Gasteiger charge is -2.15. The van der Waals surface area contributed by atoms with Crippen molar-refractivity contribution in [3.63, 3.8) is 0 Å². The van der Waals surface area contributed by atoms with Gasteiger partial charge >= 0.3 is 0 Å². The van der Waals surface area contributed by atoms with Crippen molar-refractivity contribution in [3.8, 4) is 0 Å². The van der Waals surface area contributed by atoms with Crippen LogP contribution in [0.2, 0.25) is 0 Å². The molecule has 0 aromatic rings. The van der Waals surface area contributed by atoms with Gasteiger partial charge in [-0.05, 0) is 23.7 Å². The fourth-order valence-corrected chi connectivity index (χ4v) is 1.50. The van der Waals surface area contributed by atoms with E-state index in [0.717, 1.165) is 0 Å². The summed E-state index contributed by atoms with van der Waals surface area (Å²) in [4.78, 5) is 0. The molecule has 0 saturated carbocycles. The van der Waals surface area contributed by atoms with Gasteiger partial charge in [0.2, 0.25) is 0 Å². The molecule has 0 fully saturated rings. The molecule has 0 radical (unpaired) electrons. The smallest absolute Gasteiger partial charge is 0.0383 e. The summed E-state index contributed by atoms with van der Waals surface area (Å²) in [6, 6.07) is 0. The van der Waals surface area contributed by atoms with Gasteiger partial charge in [-0.25, -0.2) is 0 Å². The van der Waals surface area contributed by atoms with Crippen molar-refractivity contribution in [3.05, 3.63) is 0 Å². The predicted molar refractivity (Wildman–Crippen MR) is 91.4 cm³/mol. The monoisotopic (exact) mass is 260 g/mol. The first-order chi connectivity index (χ1) is 8.12. The molecular weight excluding hydrogens is 216 g/mol. The zero-order valence-electron chi connectivity index (χ0n) is 15.8. The van der Waals surface area contributed by atoms with Crippen LogP contribution < -0.4 is 0 Å². The second-order valence-electron chi connectivity index (χ2n) is 6.62. The van der Waals surface area contributed by atoms with E-state index in [0.29, 0.717) is 10.8 Å². The summed E-state index contributed by atoms with van der Waals surface area (Å²) in [5.74, 6) is 0. The van der Waals surface area contributed by atoms with Gasteiger partial charge in [0.05, 0.1) is 0 Å². The maximum atomic E-state index is 2.27. The zero-order valence-corrected chi connectivity index (χ0v) is 15.8. The van der Waals surface area contributed by atoms with E-state index >= 15 is 0 Å². The quantitative estimate of drug-likeness (QED) is 0.477. The number of hydrogen-bond acceptors (Lipinski definition) is 0. The van der Waals surface area contributed by atoms with Crippen molar-refractivity contribution in [2.75, 3.05) is 0 Å². The third-order valence-electron chi connectivity index (χ3n) is 2.00. The minimum Gasteiger partial charge on any atom is -0.0683 e. The molecule has 116 valence electrons. The average molecular weight is 261 g/mol. The lowest BCUT2D eigenvalue weighted by atomic mass is 9.91. The van der Waals surface area contributed by atoms with Gasteiger partial charge in [0.15, 0.2) is 0 Å². The van der Waals surface area contributed by atoms with Crippen LogP contribution in [-0.4, -0.2) is 0 Å². The summed E-state index contributed by atoms with van der Waals surface area (Å²) in [6.07, 6.45) is 5.30. The summed E-state index contributed by atoms with van der Waals surface area (Å²) in [5.41, 5.74) is 1.10. The van der Waals surface area contributed by atoms with Crippen LogP contribution in [0.25, 0.3) is 0 Å². The lowest BCUT2D eigenvalue weighted by Crippen LogP contribution is -2.02. The summed E-state index contributed by atoms with van der Waals surface area (Å²) in [6.45, 7) is 26.1. The molecule has 0 bridgehead atoms. The Balaban J connectivity index is -0.0000000851. The van der Waals surface area contributed by atoms with Gasteiger partial charge in [-0.2, -0.15) is 0 Å². The van der Waals surface area contributed by atoms with Crippen LogP contribution in [0, 0.1) is 10.8 Å². The molecule has 0 aliphatic heterocycles. The molecule has 0 aliphatic carbocycles. The molecule has 0 spiro atoms. The maximum Gasteiger partial charge on any atom is -0.0383 e. The van der Waals surface area contributed by atoms with Gasteiger partial charge in [-0.1, -0.05) is 95.9 Å². The molecule has 0 heterocycles. The Morgan fingerprint density at radius 1 is 0.500 bits per heavy atom. The van der Waals surface area contributed by atoms with Crippen LogP contribution in [0.1, 0.15) is 109 Å². The van der Waals surface area contributed by atoms with Crippen LogP contribution in [-0.2, 0) is 0 Å². The first kappa shape index (κ1) is 26.5. The molecule has 0 rings (SSSR count). The molecule has 0 unspecified atom stereocenters. The van der Waals surface area contributed by atoms with Gasteiger partial charge in [0.25, 0.3) is 0 Å². The van der Waals surface area contributed by atoms with E-state index in [1.54, 1.807) is 0 Å². The lowest BCUT2D eigenvalue weighted by molar-refractivity contribution is 0.373. The van der Waals surface area contributed by atoms with E-state index in [2.05, 4.69) is 55.4 Å². The van der Waals surface area contributed by atoms with Gasteiger partial charge in [-0.15, -0.1) is 0 Å².